The van der Waals surface area contributed by atoms with Crippen molar-refractivity contribution in [2.45, 2.75) is 51.9 Å². The summed E-state index contributed by atoms with van der Waals surface area (Å²) in [6, 6.07) is 14.1. The maximum Gasteiger partial charge on any atom is 0.472 e. The van der Waals surface area contributed by atoms with Gasteiger partial charge in [-0.25, -0.2) is 4.57 Å². The van der Waals surface area contributed by atoms with E-state index in [4.69, 9.17) is 28.0 Å². The fourth-order valence-corrected chi connectivity index (χ4v) is 4.30. The van der Waals surface area contributed by atoms with E-state index in [2.05, 4.69) is 19.1 Å². The lowest BCUT2D eigenvalue weighted by atomic mass is 10.1. The number of fused-ring (bicyclic) bond motifs is 1. The summed E-state index contributed by atoms with van der Waals surface area (Å²) < 4.78 is 43.9. The van der Waals surface area contributed by atoms with Gasteiger partial charge in [-0.2, -0.15) is 0 Å². The number of hydrogen-bond acceptors (Lipinski definition) is 7. The molecule has 0 spiro atoms. The predicted molar refractivity (Wildman–Crippen MR) is 142 cm³/mol. The van der Waals surface area contributed by atoms with Crippen LogP contribution in [0.4, 0.5) is 0 Å². The smallest absolute Gasteiger partial charge is 0.472 e. The molecule has 0 aliphatic heterocycles. The number of phosphoric acid groups is 1. The van der Waals surface area contributed by atoms with Gasteiger partial charge in [-0.1, -0.05) is 81.8 Å². The number of phosphoric ester groups is 1. The molecule has 0 fully saturated rings. The fourth-order valence-electron chi connectivity index (χ4n) is 3.56. The minimum absolute atomic E-state index is 0.00932. The van der Waals surface area contributed by atoms with E-state index < -0.39 is 7.82 Å². The lowest BCUT2D eigenvalue weighted by Crippen LogP contribution is -2.13. The van der Waals surface area contributed by atoms with Crippen molar-refractivity contribution in [3.8, 4) is 5.75 Å². The Morgan fingerprint density at radius 2 is 1.19 bits per heavy atom. The number of hydrogen-bond donors (Lipinski definition) is 1. The summed E-state index contributed by atoms with van der Waals surface area (Å²) in [5, 5.41) is 2.24. The van der Waals surface area contributed by atoms with Gasteiger partial charge in [0, 0.05) is 5.39 Å². The van der Waals surface area contributed by atoms with E-state index in [1.165, 1.54) is 25.7 Å². The first-order valence-electron chi connectivity index (χ1n) is 13.1. The minimum Gasteiger partial charge on any atom is -0.491 e. The first kappa shape index (κ1) is 30.7. The largest absolute Gasteiger partial charge is 0.491 e. The van der Waals surface area contributed by atoms with Gasteiger partial charge in [-0.3, -0.25) is 9.05 Å². The highest BCUT2D eigenvalue weighted by molar-refractivity contribution is 7.47. The van der Waals surface area contributed by atoms with Crippen LogP contribution in [-0.2, 0) is 27.8 Å². The van der Waals surface area contributed by atoms with Crippen LogP contribution in [0.1, 0.15) is 51.9 Å². The molecule has 0 heterocycles. The predicted octanol–water partition coefficient (Wildman–Crippen LogP) is 6.15. The van der Waals surface area contributed by atoms with Crippen molar-refractivity contribution in [1.29, 1.82) is 0 Å². The molecule has 2 aromatic rings. The molecule has 1 N–H and O–H groups in total. The van der Waals surface area contributed by atoms with Gasteiger partial charge >= 0.3 is 7.82 Å². The molecule has 1 unspecified atom stereocenters. The molecule has 1 atom stereocenters. The standard InChI is InChI=1S/C27H43O8P/c1-2-3-4-5-6-7-10-16-34-36(28,29)35-24-22-32-20-18-30-17-19-31-21-23-33-27-15-11-13-25-12-8-9-14-26(25)27/h8-9,11-15H,2-7,10,16-24H2,1H3,(H,28,29). The third-order valence-corrected chi connectivity index (χ3v) is 6.48. The highest BCUT2D eigenvalue weighted by Crippen LogP contribution is 2.43. The van der Waals surface area contributed by atoms with E-state index >= 15 is 0 Å². The Kier molecular flexibility index (Phi) is 16.7. The van der Waals surface area contributed by atoms with Crippen LogP contribution >= 0.6 is 7.82 Å². The van der Waals surface area contributed by atoms with E-state index in [1.54, 1.807) is 0 Å². The van der Waals surface area contributed by atoms with Crippen molar-refractivity contribution in [3.05, 3.63) is 42.5 Å². The van der Waals surface area contributed by atoms with Crippen LogP contribution in [0.15, 0.2) is 42.5 Å². The zero-order valence-corrected chi connectivity index (χ0v) is 22.5. The Labute approximate surface area is 215 Å². The molecule has 0 saturated carbocycles. The highest BCUT2D eigenvalue weighted by atomic mass is 31.2. The molecular formula is C27H43O8P. The van der Waals surface area contributed by atoms with Gasteiger partial charge < -0.3 is 23.8 Å². The average molecular weight is 527 g/mol. The number of ether oxygens (including phenoxy) is 4. The Morgan fingerprint density at radius 3 is 1.92 bits per heavy atom. The summed E-state index contributed by atoms with van der Waals surface area (Å²) in [5.74, 6) is 0.853. The Hall–Kier alpha value is -1.51. The highest BCUT2D eigenvalue weighted by Gasteiger charge is 2.20. The molecule has 0 amide bonds. The molecule has 0 radical (unpaired) electrons. The summed E-state index contributed by atoms with van der Waals surface area (Å²) in [6.07, 6.45) is 7.83. The summed E-state index contributed by atoms with van der Waals surface area (Å²) >= 11 is 0. The lowest BCUT2D eigenvalue weighted by molar-refractivity contribution is 0.00283. The third-order valence-electron chi connectivity index (χ3n) is 5.46. The van der Waals surface area contributed by atoms with Gasteiger partial charge in [0.2, 0.25) is 0 Å². The molecule has 8 nitrogen and oxygen atoms in total. The van der Waals surface area contributed by atoms with Crippen LogP contribution in [-0.4, -0.2) is 64.4 Å². The van der Waals surface area contributed by atoms with Crippen molar-refractivity contribution in [1.82, 2.24) is 0 Å². The maximum absolute atomic E-state index is 11.8. The molecular weight excluding hydrogens is 483 g/mol. The van der Waals surface area contributed by atoms with Crippen LogP contribution in [0.2, 0.25) is 0 Å². The van der Waals surface area contributed by atoms with E-state index in [0.717, 1.165) is 35.8 Å². The molecule has 0 aliphatic carbocycles. The topological polar surface area (TPSA) is 92.7 Å². The SMILES string of the molecule is CCCCCCCCCOP(=O)(O)OCCOCCOCCOCCOc1cccc2ccccc12. The maximum atomic E-state index is 11.8. The lowest BCUT2D eigenvalue weighted by Gasteiger charge is -2.12. The Balaban J connectivity index is 1.35. The van der Waals surface area contributed by atoms with Gasteiger partial charge in [0.15, 0.2) is 0 Å². The summed E-state index contributed by atoms with van der Waals surface area (Å²) in [5.41, 5.74) is 0. The van der Waals surface area contributed by atoms with Crippen LogP contribution in [0.25, 0.3) is 10.8 Å². The van der Waals surface area contributed by atoms with E-state index in [0.29, 0.717) is 39.6 Å². The molecule has 0 bridgehead atoms. The van der Waals surface area contributed by atoms with Gasteiger partial charge in [0.1, 0.15) is 12.4 Å². The molecule has 2 rings (SSSR count). The summed E-state index contributed by atoms with van der Waals surface area (Å²) in [6.45, 7) is 5.23. The van der Waals surface area contributed by atoms with E-state index in [9.17, 15) is 9.46 Å². The first-order valence-corrected chi connectivity index (χ1v) is 14.6. The molecule has 36 heavy (non-hydrogen) atoms. The molecule has 2 aromatic carbocycles. The molecule has 0 saturated heterocycles. The van der Waals surface area contributed by atoms with Crippen LogP contribution in [0.3, 0.4) is 0 Å². The van der Waals surface area contributed by atoms with Crippen LogP contribution in [0, 0.1) is 0 Å². The molecule has 0 aromatic heterocycles. The number of rotatable bonds is 23. The molecule has 0 aliphatic rings. The Bertz CT molecular complexity index is 857. The van der Waals surface area contributed by atoms with E-state index in [-0.39, 0.29) is 19.8 Å². The van der Waals surface area contributed by atoms with Crippen molar-refractivity contribution in [3.63, 3.8) is 0 Å². The van der Waals surface area contributed by atoms with Crippen molar-refractivity contribution < 1.29 is 37.5 Å². The number of unbranched alkanes of at least 4 members (excludes halogenated alkanes) is 6. The zero-order chi connectivity index (χ0) is 25.7. The summed E-state index contributed by atoms with van der Waals surface area (Å²) in [7, 11) is -4.01. The van der Waals surface area contributed by atoms with E-state index in [1.807, 2.05) is 30.3 Å². The quantitative estimate of drug-likeness (QED) is 0.136. The van der Waals surface area contributed by atoms with Gasteiger partial charge in [0.25, 0.3) is 0 Å². The van der Waals surface area contributed by atoms with Crippen molar-refractivity contribution in [2.75, 3.05) is 59.5 Å². The Morgan fingerprint density at radius 1 is 0.639 bits per heavy atom. The second kappa shape index (κ2) is 19.6. The third kappa shape index (κ3) is 14.3. The number of benzene rings is 2. The molecule has 9 heteroatoms. The van der Waals surface area contributed by atoms with Crippen molar-refractivity contribution in [2.24, 2.45) is 0 Å². The second-order valence-corrected chi connectivity index (χ2v) is 9.87. The zero-order valence-electron chi connectivity index (χ0n) is 21.6. The fraction of sp³-hybridized carbons (Fsp3) is 0.630. The second-order valence-electron chi connectivity index (χ2n) is 8.42. The van der Waals surface area contributed by atoms with Gasteiger partial charge in [0.05, 0.1) is 52.9 Å². The first-order chi connectivity index (χ1) is 17.6. The van der Waals surface area contributed by atoms with Crippen molar-refractivity contribution >= 4 is 18.6 Å². The minimum atomic E-state index is -4.01. The molecule has 204 valence electrons. The van der Waals surface area contributed by atoms with Crippen LogP contribution < -0.4 is 4.74 Å². The normalized spacial score (nSPS) is 13.2. The van der Waals surface area contributed by atoms with Gasteiger partial charge in [-0.05, 0) is 17.9 Å². The monoisotopic (exact) mass is 526 g/mol. The average Bonchev–Trinajstić information content (AvgIpc) is 2.88. The summed E-state index contributed by atoms with van der Waals surface area (Å²) in [4.78, 5) is 9.67. The van der Waals surface area contributed by atoms with Gasteiger partial charge in [-0.15, -0.1) is 0 Å². The van der Waals surface area contributed by atoms with Crippen LogP contribution in [0.5, 0.6) is 5.75 Å².